The molecule has 2 aromatic carbocycles. The van der Waals surface area contributed by atoms with E-state index < -0.39 is 0 Å². The summed E-state index contributed by atoms with van der Waals surface area (Å²) >= 11 is 3.49. The third-order valence-electron chi connectivity index (χ3n) is 6.95. The molecule has 2 aromatic heterocycles. The van der Waals surface area contributed by atoms with Crippen LogP contribution in [0.5, 0.6) is 0 Å². The van der Waals surface area contributed by atoms with Crippen molar-refractivity contribution in [1.29, 1.82) is 0 Å². The second-order valence-corrected chi connectivity index (χ2v) is 10.5. The number of carbonyl (C=O) groups is 2. The number of pyridine rings is 1. The van der Waals surface area contributed by atoms with Gasteiger partial charge in [0.05, 0.1) is 17.9 Å². The van der Waals surface area contributed by atoms with Crippen LogP contribution in [-0.4, -0.2) is 37.2 Å². The summed E-state index contributed by atoms with van der Waals surface area (Å²) in [4.78, 5) is 50.4. The van der Waals surface area contributed by atoms with Gasteiger partial charge in [0.2, 0.25) is 0 Å². The first-order valence-electron chi connectivity index (χ1n) is 12.4. The van der Waals surface area contributed by atoms with Crippen molar-refractivity contribution >= 4 is 27.6 Å². The highest BCUT2D eigenvalue weighted by molar-refractivity contribution is 9.10. The van der Waals surface area contributed by atoms with Crippen LogP contribution in [-0.2, 0) is 19.4 Å². The number of rotatable bonds is 5. The summed E-state index contributed by atoms with van der Waals surface area (Å²) in [6, 6.07) is 18.0. The normalized spacial score (nSPS) is 14.7. The van der Waals surface area contributed by atoms with Crippen LogP contribution in [0.25, 0.3) is 5.69 Å². The van der Waals surface area contributed by atoms with Gasteiger partial charge in [-0.25, -0.2) is 4.98 Å². The monoisotopic (exact) mass is 570 g/mol. The number of carbonyl (C=O) groups excluding carboxylic acids is 2. The molecule has 0 bridgehead atoms. The summed E-state index contributed by atoms with van der Waals surface area (Å²) in [5.41, 5.74) is 4.63. The maximum atomic E-state index is 13.9. The van der Waals surface area contributed by atoms with Crippen LogP contribution >= 0.6 is 15.9 Å². The topological polar surface area (TPSA) is 85.2 Å². The van der Waals surface area contributed by atoms with E-state index in [0.717, 1.165) is 15.7 Å². The second kappa shape index (κ2) is 10.5. The SMILES string of the molecule is CC(=O)c1ccc(-n2c(Cc3ccccn3)nc3c(c2=O)CC(C)N(C(=O)c2ccc(Br)c(C)c2)C3)cc1. The molecule has 0 saturated carbocycles. The van der Waals surface area contributed by atoms with Crippen molar-refractivity contribution in [3.8, 4) is 5.69 Å². The number of Topliss-reactive ketones (excluding diaryl/α,β-unsaturated/α-hetero) is 1. The van der Waals surface area contributed by atoms with Crippen LogP contribution in [0.4, 0.5) is 0 Å². The number of aromatic nitrogens is 3. The lowest BCUT2D eigenvalue weighted by Crippen LogP contribution is -2.46. The van der Waals surface area contributed by atoms with Crippen molar-refractivity contribution in [2.45, 2.75) is 46.2 Å². The molecule has 1 amide bonds. The van der Waals surface area contributed by atoms with E-state index in [2.05, 4.69) is 20.9 Å². The Balaban J connectivity index is 1.59. The maximum Gasteiger partial charge on any atom is 0.261 e. The summed E-state index contributed by atoms with van der Waals surface area (Å²) in [6.07, 6.45) is 2.45. The van der Waals surface area contributed by atoms with Gasteiger partial charge in [0.1, 0.15) is 5.82 Å². The van der Waals surface area contributed by atoms with Crippen LogP contribution in [0, 0.1) is 6.92 Å². The molecule has 1 aliphatic rings. The highest BCUT2D eigenvalue weighted by Crippen LogP contribution is 2.25. The molecule has 8 heteroatoms. The number of halogens is 1. The molecule has 0 saturated heterocycles. The van der Waals surface area contributed by atoms with E-state index >= 15 is 0 Å². The second-order valence-electron chi connectivity index (χ2n) is 9.64. The third kappa shape index (κ3) is 4.96. The molecule has 0 radical (unpaired) electrons. The van der Waals surface area contributed by atoms with Crippen LogP contribution in [0.15, 0.2) is 76.1 Å². The van der Waals surface area contributed by atoms with Gasteiger partial charge in [-0.05, 0) is 87.4 Å². The average molecular weight is 571 g/mol. The fourth-order valence-corrected chi connectivity index (χ4v) is 5.06. The molecule has 38 heavy (non-hydrogen) atoms. The molecule has 5 rings (SSSR count). The molecule has 0 N–H and O–H groups in total. The van der Waals surface area contributed by atoms with E-state index in [9.17, 15) is 14.4 Å². The Hall–Kier alpha value is -3.91. The number of nitrogens with zero attached hydrogens (tertiary/aromatic N) is 4. The number of hydrogen-bond acceptors (Lipinski definition) is 5. The van der Waals surface area contributed by atoms with E-state index in [1.54, 1.807) is 39.9 Å². The molecule has 7 nitrogen and oxygen atoms in total. The smallest absolute Gasteiger partial charge is 0.261 e. The van der Waals surface area contributed by atoms with Gasteiger partial charge in [-0.3, -0.25) is 23.9 Å². The van der Waals surface area contributed by atoms with E-state index in [1.165, 1.54) is 6.92 Å². The van der Waals surface area contributed by atoms with Gasteiger partial charge in [0, 0.05) is 45.5 Å². The fraction of sp³-hybridized carbons (Fsp3) is 0.233. The molecule has 0 aliphatic carbocycles. The quantitative estimate of drug-likeness (QED) is 0.312. The first-order chi connectivity index (χ1) is 18.2. The summed E-state index contributed by atoms with van der Waals surface area (Å²) in [5.74, 6) is 0.404. The van der Waals surface area contributed by atoms with Crippen LogP contribution in [0.2, 0.25) is 0 Å². The number of amides is 1. The van der Waals surface area contributed by atoms with E-state index in [-0.39, 0.29) is 29.8 Å². The van der Waals surface area contributed by atoms with E-state index in [1.807, 2.05) is 50.2 Å². The highest BCUT2D eigenvalue weighted by Gasteiger charge is 2.32. The molecule has 1 aliphatic heterocycles. The van der Waals surface area contributed by atoms with Crippen LogP contribution in [0.1, 0.15) is 62.9 Å². The molecule has 192 valence electrons. The average Bonchev–Trinajstić information content (AvgIpc) is 2.91. The van der Waals surface area contributed by atoms with Crippen molar-refractivity contribution in [3.63, 3.8) is 0 Å². The largest absolute Gasteiger partial charge is 0.330 e. The lowest BCUT2D eigenvalue weighted by Gasteiger charge is -2.34. The Kier molecular flexibility index (Phi) is 7.08. The fourth-order valence-electron chi connectivity index (χ4n) is 4.82. The summed E-state index contributed by atoms with van der Waals surface area (Å²) in [7, 11) is 0. The molecule has 3 heterocycles. The standard InChI is InChI=1S/C30H27BrN4O3/c1-18-14-22(9-12-26(18)31)29(37)34-17-27-25(15-19(34)2)30(38)35(24-10-7-21(8-11-24)20(3)36)28(33-27)16-23-6-4-5-13-32-23/h4-14,19H,15-17H2,1-3H3. The van der Waals surface area contributed by atoms with Gasteiger partial charge >= 0.3 is 0 Å². The maximum absolute atomic E-state index is 13.9. The van der Waals surface area contributed by atoms with Gasteiger partial charge in [-0.2, -0.15) is 0 Å². The Morgan fingerprint density at radius 3 is 2.45 bits per heavy atom. The minimum Gasteiger partial charge on any atom is -0.330 e. The first-order valence-corrected chi connectivity index (χ1v) is 13.2. The zero-order valence-corrected chi connectivity index (χ0v) is 23.0. The number of fused-ring (bicyclic) bond motifs is 1. The Bertz CT molecular complexity index is 1600. The van der Waals surface area contributed by atoms with Gasteiger partial charge in [-0.15, -0.1) is 0 Å². The van der Waals surface area contributed by atoms with Crippen molar-refractivity contribution in [2.75, 3.05) is 0 Å². The summed E-state index contributed by atoms with van der Waals surface area (Å²) < 4.78 is 2.56. The van der Waals surface area contributed by atoms with Gasteiger partial charge < -0.3 is 4.90 Å². The molecular weight excluding hydrogens is 544 g/mol. The highest BCUT2D eigenvalue weighted by atomic mass is 79.9. The Morgan fingerprint density at radius 1 is 1.05 bits per heavy atom. The first kappa shape index (κ1) is 25.7. The minimum atomic E-state index is -0.177. The number of hydrogen-bond donors (Lipinski definition) is 0. The zero-order chi connectivity index (χ0) is 27.0. The third-order valence-corrected chi connectivity index (χ3v) is 7.84. The Morgan fingerprint density at radius 2 is 1.79 bits per heavy atom. The molecule has 4 aromatic rings. The van der Waals surface area contributed by atoms with Crippen molar-refractivity contribution in [1.82, 2.24) is 19.4 Å². The zero-order valence-electron chi connectivity index (χ0n) is 21.4. The van der Waals surface area contributed by atoms with Crippen molar-refractivity contribution < 1.29 is 9.59 Å². The molecule has 0 fully saturated rings. The van der Waals surface area contributed by atoms with Gasteiger partial charge in [0.25, 0.3) is 11.5 Å². The summed E-state index contributed by atoms with van der Waals surface area (Å²) in [5, 5.41) is 0. The van der Waals surface area contributed by atoms with E-state index in [4.69, 9.17) is 4.98 Å². The van der Waals surface area contributed by atoms with Crippen molar-refractivity contribution in [3.05, 3.63) is 121 Å². The molecule has 1 atom stereocenters. The molecule has 1 unspecified atom stereocenters. The van der Waals surface area contributed by atoms with E-state index in [0.29, 0.717) is 46.7 Å². The molecular formula is C30H27BrN4O3. The predicted octanol–water partition coefficient (Wildman–Crippen LogP) is 5.08. The van der Waals surface area contributed by atoms with Crippen LogP contribution in [0.3, 0.4) is 0 Å². The van der Waals surface area contributed by atoms with Crippen molar-refractivity contribution in [2.24, 2.45) is 0 Å². The van der Waals surface area contributed by atoms with Gasteiger partial charge in [0.15, 0.2) is 5.78 Å². The predicted molar refractivity (Wildman–Crippen MR) is 149 cm³/mol. The summed E-state index contributed by atoms with van der Waals surface area (Å²) in [6.45, 7) is 5.67. The lowest BCUT2D eigenvalue weighted by molar-refractivity contribution is 0.0652. The number of ketones is 1. The Labute approximate surface area is 229 Å². The molecule has 0 spiro atoms. The number of aryl methyl sites for hydroxylation is 1. The lowest BCUT2D eigenvalue weighted by atomic mass is 9.98. The van der Waals surface area contributed by atoms with Crippen LogP contribution < -0.4 is 5.56 Å². The minimum absolute atomic E-state index is 0.0410. The van der Waals surface area contributed by atoms with Gasteiger partial charge in [-0.1, -0.05) is 22.0 Å². The number of benzene rings is 2.